The van der Waals surface area contributed by atoms with E-state index in [1.807, 2.05) is 0 Å². The van der Waals surface area contributed by atoms with E-state index in [1.165, 1.54) is 18.2 Å². The average Bonchev–Trinajstić information content (AvgIpc) is 2.83. The Morgan fingerprint density at radius 1 is 1.29 bits per heavy atom. The second kappa shape index (κ2) is 5.76. The van der Waals surface area contributed by atoms with Gasteiger partial charge in [0.2, 0.25) is 0 Å². The molecule has 0 amide bonds. The molecular weight excluding hydrogens is 357 g/mol. The Kier molecular flexibility index (Phi) is 4.21. The smallest absolute Gasteiger partial charge is 0.404 e. The maximum Gasteiger partial charge on any atom is 0.433 e. The lowest BCUT2D eigenvalue weighted by Crippen LogP contribution is -2.06. The normalized spacial score (nSPS) is 11.4. The topological polar surface area (TPSA) is 68.3 Å². The number of hydrogen-bond donors (Lipinski definition) is 1. The largest absolute Gasteiger partial charge is 0.433 e. The SMILES string of the molecule is O=[N+]([O-])c1ccc(CNc2cc(Br)cc(C(F)(F)F)c2)o1. The van der Waals surface area contributed by atoms with Gasteiger partial charge in [0, 0.05) is 10.2 Å². The van der Waals surface area contributed by atoms with Crippen LogP contribution in [0.25, 0.3) is 0 Å². The molecule has 21 heavy (non-hydrogen) atoms. The fourth-order valence-corrected chi connectivity index (χ4v) is 2.10. The van der Waals surface area contributed by atoms with Crippen LogP contribution in [0.2, 0.25) is 0 Å². The van der Waals surface area contributed by atoms with Crippen LogP contribution in [0.15, 0.2) is 39.2 Å². The molecule has 112 valence electrons. The maximum absolute atomic E-state index is 12.7. The van der Waals surface area contributed by atoms with Crippen LogP contribution in [-0.2, 0) is 12.7 Å². The lowest BCUT2D eigenvalue weighted by atomic mass is 10.2. The molecule has 9 heteroatoms. The minimum atomic E-state index is -4.45. The summed E-state index contributed by atoms with van der Waals surface area (Å²) in [6.45, 7) is 0.0294. The number of furan rings is 1. The molecule has 2 aromatic rings. The molecule has 0 bridgehead atoms. The molecule has 5 nitrogen and oxygen atoms in total. The lowest BCUT2D eigenvalue weighted by Gasteiger charge is -2.11. The number of benzene rings is 1. The third kappa shape index (κ3) is 3.97. The summed E-state index contributed by atoms with van der Waals surface area (Å²) in [5.74, 6) is -0.174. The molecule has 1 N–H and O–H groups in total. The van der Waals surface area contributed by atoms with Gasteiger partial charge in [-0.3, -0.25) is 10.1 Å². The van der Waals surface area contributed by atoms with E-state index in [-0.39, 0.29) is 22.5 Å². The number of hydrogen-bond acceptors (Lipinski definition) is 4. The summed E-state index contributed by atoms with van der Waals surface area (Å²) >= 11 is 3.00. The summed E-state index contributed by atoms with van der Waals surface area (Å²) in [6, 6.07) is 5.93. The van der Waals surface area contributed by atoms with Crippen molar-refractivity contribution in [1.29, 1.82) is 0 Å². The quantitative estimate of drug-likeness (QED) is 0.636. The van der Waals surface area contributed by atoms with E-state index in [9.17, 15) is 23.3 Å². The van der Waals surface area contributed by atoms with Gasteiger partial charge < -0.3 is 9.73 Å². The highest BCUT2D eigenvalue weighted by Crippen LogP contribution is 2.33. The second-order valence-corrected chi connectivity index (χ2v) is 4.99. The summed E-state index contributed by atoms with van der Waals surface area (Å²) in [5, 5.41) is 13.2. The number of nitrogens with one attached hydrogen (secondary N) is 1. The Morgan fingerprint density at radius 2 is 2.00 bits per heavy atom. The van der Waals surface area contributed by atoms with Crippen molar-refractivity contribution < 1.29 is 22.5 Å². The van der Waals surface area contributed by atoms with Crippen LogP contribution in [0.5, 0.6) is 0 Å². The fourth-order valence-electron chi connectivity index (χ4n) is 1.60. The van der Waals surface area contributed by atoms with Crippen LogP contribution in [0.1, 0.15) is 11.3 Å². The zero-order valence-electron chi connectivity index (χ0n) is 10.3. The van der Waals surface area contributed by atoms with Gasteiger partial charge in [0.05, 0.1) is 18.2 Å². The zero-order valence-corrected chi connectivity index (χ0v) is 11.9. The van der Waals surface area contributed by atoms with Crippen LogP contribution >= 0.6 is 15.9 Å². The first-order valence-corrected chi connectivity index (χ1v) is 6.40. The first-order chi connectivity index (χ1) is 9.75. The van der Waals surface area contributed by atoms with Gasteiger partial charge in [0.15, 0.2) is 0 Å². The second-order valence-electron chi connectivity index (χ2n) is 4.08. The minimum absolute atomic E-state index is 0.0294. The average molecular weight is 365 g/mol. The van der Waals surface area contributed by atoms with E-state index in [2.05, 4.69) is 21.2 Å². The number of rotatable bonds is 4. The molecule has 0 radical (unpaired) electrons. The molecule has 0 aliphatic carbocycles. The Bertz CT molecular complexity index is 670. The molecule has 1 aromatic heterocycles. The van der Waals surface area contributed by atoms with Gasteiger partial charge in [-0.1, -0.05) is 15.9 Å². The van der Waals surface area contributed by atoms with Crippen molar-refractivity contribution >= 4 is 27.5 Å². The van der Waals surface area contributed by atoms with Crippen molar-refractivity contribution in [3.05, 3.63) is 56.2 Å². The van der Waals surface area contributed by atoms with Crippen LogP contribution in [0, 0.1) is 10.1 Å². The molecule has 0 atom stereocenters. The van der Waals surface area contributed by atoms with Crippen molar-refractivity contribution in [2.45, 2.75) is 12.7 Å². The highest BCUT2D eigenvalue weighted by atomic mass is 79.9. The minimum Gasteiger partial charge on any atom is -0.404 e. The van der Waals surface area contributed by atoms with Crippen LogP contribution in [-0.4, -0.2) is 4.92 Å². The van der Waals surface area contributed by atoms with Gasteiger partial charge in [-0.25, -0.2) is 0 Å². The molecule has 1 heterocycles. The number of nitrogens with zero attached hydrogens (tertiary/aromatic N) is 1. The van der Waals surface area contributed by atoms with E-state index >= 15 is 0 Å². The summed E-state index contributed by atoms with van der Waals surface area (Å²) in [6.07, 6.45) is -4.45. The molecule has 0 saturated carbocycles. The molecular formula is C12H8BrF3N2O3. The zero-order chi connectivity index (χ0) is 15.6. The van der Waals surface area contributed by atoms with E-state index < -0.39 is 22.5 Å². The molecule has 0 saturated heterocycles. The first-order valence-electron chi connectivity index (χ1n) is 5.60. The Morgan fingerprint density at radius 3 is 2.57 bits per heavy atom. The third-order valence-corrected chi connectivity index (χ3v) is 2.98. The van der Waals surface area contributed by atoms with Gasteiger partial charge in [-0.05, 0) is 24.3 Å². The van der Waals surface area contributed by atoms with E-state index in [4.69, 9.17) is 4.42 Å². The van der Waals surface area contributed by atoms with Crippen LogP contribution in [0.4, 0.5) is 24.7 Å². The fraction of sp³-hybridized carbons (Fsp3) is 0.167. The Labute approximate surface area is 125 Å². The van der Waals surface area contributed by atoms with Gasteiger partial charge in [-0.2, -0.15) is 13.2 Å². The van der Waals surface area contributed by atoms with Gasteiger partial charge in [0.1, 0.15) is 10.7 Å². The Hall–Kier alpha value is -2.03. The predicted octanol–water partition coefficient (Wildman–Crippen LogP) is 4.58. The van der Waals surface area contributed by atoms with E-state index in [1.54, 1.807) is 0 Å². The van der Waals surface area contributed by atoms with Crippen LogP contribution in [0.3, 0.4) is 0 Å². The van der Waals surface area contributed by atoms with Crippen molar-refractivity contribution in [1.82, 2.24) is 0 Å². The van der Waals surface area contributed by atoms with E-state index in [0.29, 0.717) is 0 Å². The highest BCUT2D eigenvalue weighted by Gasteiger charge is 2.31. The first kappa shape index (κ1) is 15.4. The van der Waals surface area contributed by atoms with Crippen molar-refractivity contribution in [3.8, 4) is 0 Å². The lowest BCUT2D eigenvalue weighted by molar-refractivity contribution is -0.402. The van der Waals surface area contributed by atoms with Gasteiger partial charge >= 0.3 is 12.1 Å². The molecule has 0 aliphatic rings. The Balaban J connectivity index is 2.12. The summed E-state index contributed by atoms with van der Waals surface area (Å²) in [4.78, 5) is 9.76. The molecule has 0 spiro atoms. The number of anilines is 1. The standard InChI is InChI=1S/C12H8BrF3N2O3/c13-8-3-7(12(14,15)16)4-9(5-8)17-6-10-1-2-11(21-10)18(19)20/h1-5,17H,6H2. The molecule has 0 aliphatic heterocycles. The monoisotopic (exact) mass is 364 g/mol. The van der Waals surface area contributed by atoms with Crippen molar-refractivity contribution in [2.75, 3.05) is 5.32 Å². The molecule has 1 aromatic carbocycles. The summed E-state index contributed by atoms with van der Waals surface area (Å²) < 4.78 is 43.2. The number of alkyl halides is 3. The van der Waals surface area contributed by atoms with Gasteiger partial charge in [-0.15, -0.1) is 0 Å². The van der Waals surface area contributed by atoms with Crippen molar-refractivity contribution in [3.63, 3.8) is 0 Å². The number of nitro groups is 1. The predicted molar refractivity (Wildman–Crippen MR) is 71.8 cm³/mol. The molecule has 2 rings (SSSR count). The van der Waals surface area contributed by atoms with Crippen LogP contribution < -0.4 is 5.32 Å². The van der Waals surface area contributed by atoms with E-state index in [0.717, 1.165) is 12.1 Å². The molecule has 0 fully saturated rings. The van der Waals surface area contributed by atoms with Gasteiger partial charge in [0.25, 0.3) is 0 Å². The third-order valence-electron chi connectivity index (χ3n) is 2.52. The highest BCUT2D eigenvalue weighted by molar-refractivity contribution is 9.10. The van der Waals surface area contributed by atoms with Crippen molar-refractivity contribution in [2.24, 2.45) is 0 Å². The summed E-state index contributed by atoms with van der Waals surface area (Å²) in [5.41, 5.74) is -0.583. The molecule has 0 unspecified atom stereocenters. The maximum atomic E-state index is 12.7. The summed E-state index contributed by atoms with van der Waals surface area (Å²) in [7, 11) is 0. The number of halogens is 4.